The summed E-state index contributed by atoms with van der Waals surface area (Å²) in [4.78, 5) is 37.0. The van der Waals surface area contributed by atoms with Crippen LogP contribution in [0.4, 0.5) is 5.82 Å². The minimum absolute atomic E-state index is 0.222. The summed E-state index contributed by atoms with van der Waals surface area (Å²) < 4.78 is 6.80. The van der Waals surface area contributed by atoms with Crippen LogP contribution in [0.25, 0.3) is 33.3 Å². The van der Waals surface area contributed by atoms with Crippen molar-refractivity contribution < 1.29 is 9.53 Å². The van der Waals surface area contributed by atoms with E-state index >= 15 is 0 Å². The molecule has 0 radical (unpaired) electrons. The number of pyridine rings is 3. The molecule has 4 heterocycles. The number of nitrogens with zero attached hydrogens (tertiary/aromatic N) is 3. The van der Waals surface area contributed by atoms with E-state index in [2.05, 4.69) is 32.2 Å². The smallest absolute Gasteiger partial charge is 0.252 e. The zero-order valence-electron chi connectivity index (χ0n) is 20.0. The molecule has 0 atom stereocenters. The van der Waals surface area contributed by atoms with Crippen LogP contribution in [0.15, 0.2) is 66.4 Å². The molecule has 0 aliphatic carbocycles. The van der Waals surface area contributed by atoms with Gasteiger partial charge in [0.2, 0.25) is 11.8 Å². The van der Waals surface area contributed by atoms with E-state index in [1.165, 1.54) is 10.6 Å². The number of ether oxygens (including phenoxy) is 1. The number of fused-ring (bicyclic) bond motifs is 1. The van der Waals surface area contributed by atoms with Crippen molar-refractivity contribution in [2.75, 3.05) is 19.0 Å². The molecule has 1 amide bonds. The van der Waals surface area contributed by atoms with Gasteiger partial charge in [0.05, 0.1) is 7.11 Å². The number of methoxy groups -OCH3 is 1. The first-order valence-corrected chi connectivity index (χ1v) is 11.3. The number of rotatable bonds is 9. The second-order valence-electron chi connectivity index (χ2n) is 8.33. The maximum absolute atomic E-state index is 13.1. The summed E-state index contributed by atoms with van der Waals surface area (Å²) in [5.41, 5.74) is 3.75. The van der Waals surface area contributed by atoms with E-state index in [9.17, 15) is 9.59 Å². The molecule has 9 nitrogen and oxygen atoms in total. The Morgan fingerprint density at radius 1 is 1.20 bits per heavy atom. The summed E-state index contributed by atoms with van der Waals surface area (Å²) in [6.07, 6.45) is 6.45. The van der Waals surface area contributed by atoms with Crippen molar-refractivity contribution in [2.45, 2.75) is 26.4 Å². The van der Waals surface area contributed by atoms with Gasteiger partial charge in [-0.25, -0.2) is 9.97 Å². The van der Waals surface area contributed by atoms with Gasteiger partial charge in [-0.3, -0.25) is 14.2 Å². The Balaban J connectivity index is 1.77. The second kappa shape index (κ2) is 10.4. The molecule has 35 heavy (non-hydrogen) atoms. The van der Waals surface area contributed by atoms with Crippen LogP contribution in [0.1, 0.15) is 13.8 Å². The van der Waals surface area contributed by atoms with Crippen LogP contribution >= 0.6 is 0 Å². The predicted molar refractivity (Wildman–Crippen MR) is 138 cm³/mol. The highest BCUT2D eigenvalue weighted by Crippen LogP contribution is 2.32. The SMILES string of the molecule is C=CC(=O)Nc1cc(-c2cnc3[nH]cc(-c4ccnc(OC)c4)c3c2)cc(=O)n1CCNC(C)C. The van der Waals surface area contributed by atoms with E-state index in [0.717, 1.165) is 22.1 Å². The Morgan fingerprint density at radius 2 is 2.03 bits per heavy atom. The third-order valence-corrected chi connectivity index (χ3v) is 5.57. The summed E-state index contributed by atoms with van der Waals surface area (Å²) in [6.45, 7) is 8.58. The van der Waals surface area contributed by atoms with Gasteiger partial charge in [-0.15, -0.1) is 0 Å². The first-order chi connectivity index (χ1) is 16.9. The van der Waals surface area contributed by atoms with Gasteiger partial charge in [0.1, 0.15) is 11.5 Å². The molecule has 0 aliphatic rings. The maximum atomic E-state index is 13.1. The molecule has 4 aromatic heterocycles. The van der Waals surface area contributed by atoms with Gasteiger partial charge < -0.3 is 20.4 Å². The Labute approximate surface area is 202 Å². The zero-order valence-corrected chi connectivity index (χ0v) is 20.0. The highest BCUT2D eigenvalue weighted by molar-refractivity contribution is 5.99. The van der Waals surface area contributed by atoms with Crippen molar-refractivity contribution >= 4 is 22.8 Å². The fraction of sp³-hybridized carbons (Fsp3) is 0.231. The molecule has 0 saturated heterocycles. The summed E-state index contributed by atoms with van der Waals surface area (Å²) in [5.74, 6) is 0.524. The molecule has 0 bridgehead atoms. The fourth-order valence-electron chi connectivity index (χ4n) is 3.83. The van der Waals surface area contributed by atoms with Crippen LogP contribution in [0.2, 0.25) is 0 Å². The van der Waals surface area contributed by atoms with E-state index < -0.39 is 0 Å². The highest BCUT2D eigenvalue weighted by Gasteiger charge is 2.14. The quantitative estimate of drug-likeness (QED) is 0.321. The van der Waals surface area contributed by atoms with Gasteiger partial charge in [-0.1, -0.05) is 20.4 Å². The minimum Gasteiger partial charge on any atom is -0.481 e. The number of aromatic nitrogens is 4. The van der Waals surface area contributed by atoms with E-state index in [4.69, 9.17) is 4.74 Å². The monoisotopic (exact) mass is 472 g/mol. The number of nitrogens with one attached hydrogen (secondary N) is 3. The summed E-state index contributed by atoms with van der Waals surface area (Å²) in [7, 11) is 1.57. The fourth-order valence-corrected chi connectivity index (χ4v) is 3.83. The lowest BCUT2D eigenvalue weighted by Gasteiger charge is -2.16. The Bertz CT molecular complexity index is 1440. The standard InChI is InChI=1S/C26H28N6O3/c1-5-23(33)31-22-11-18(13-25(34)32(22)9-8-27-16(2)3)19-10-20-21(15-30-26(20)29-14-19)17-6-7-28-24(12-17)35-4/h5-7,10-16,27H,1,8-9H2,2-4H3,(H,29,30)(H,31,33). The van der Waals surface area contributed by atoms with Crippen molar-refractivity contribution in [3.63, 3.8) is 0 Å². The lowest BCUT2D eigenvalue weighted by atomic mass is 10.0. The molecule has 3 N–H and O–H groups in total. The number of H-pyrrole nitrogens is 1. The third-order valence-electron chi connectivity index (χ3n) is 5.57. The van der Waals surface area contributed by atoms with Crippen LogP contribution in [0.3, 0.4) is 0 Å². The molecule has 4 aromatic rings. The van der Waals surface area contributed by atoms with Crippen LogP contribution in [0.5, 0.6) is 5.88 Å². The largest absolute Gasteiger partial charge is 0.481 e. The van der Waals surface area contributed by atoms with Crippen molar-refractivity contribution in [3.8, 4) is 28.1 Å². The number of carbonyl (C=O) groups is 1. The molecule has 0 aromatic carbocycles. The molecule has 4 rings (SSSR count). The van der Waals surface area contributed by atoms with E-state index in [0.29, 0.717) is 36.0 Å². The van der Waals surface area contributed by atoms with E-state index in [1.54, 1.807) is 31.6 Å². The van der Waals surface area contributed by atoms with Gasteiger partial charge in [-0.05, 0) is 35.4 Å². The molecular formula is C26H28N6O3. The predicted octanol–water partition coefficient (Wildman–Crippen LogP) is 3.58. The minimum atomic E-state index is -0.389. The number of hydrogen-bond acceptors (Lipinski definition) is 6. The molecule has 0 aliphatic heterocycles. The molecule has 9 heteroatoms. The van der Waals surface area contributed by atoms with Crippen molar-refractivity contribution in [2.24, 2.45) is 0 Å². The lowest BCUT2D eigenvalue weighted by Crippen LogP contribution is -2.32. The third kappa shape index (κ3) is 5.30. The summed E-state index contributed by atoms with van der Waals surface area (Å²) in [6, 6.07) is 9.34. The van der Waals surface area contributed by atoms with Crippen molar-refractivity contribution in [1.29, 1.82) is 0 Å². The van der Waals surface area contributed by atoms with Crippen molar-refractivity contribution in [1.82, 2.24) is 24.8 Å². The van der Waals surface area contributed by atoms with E-state index in [-0.39, 0.29) is 17.5 Å². The molecule has 0 unspecified atom stereocenters. The number of aromatic amines is 1. The van der Waals surface area contributed by atoms with Crippen LogP contribution in [-0.2, 0) is 11.3 Å². The summed E-state index contributed by atoms with van der Waals surface area (Å²) in [5, 5.41) is 6.94. The van der Waals surface area contributed by atoms with Crippen molar-refractivity contribution in [3.05, 3.63) is 71.9 Å². The van der Waals surface area contributed by atoms with E-state index in [1.807, 2.05) is 38.2 Å². The first-order valence-electron chi connectivity index (χ1n) is 11.3. The highest BCUT2D eigenvalue weighted by atomic mass is 16.5. The number of carbonyl (C=O) groups excluding carboxylic acids is 1. The maximum Gasteiger partial charge on any atom is 0.252 e. The Hall–Kier alpha value is -4.24. The van der Waals surface area contributed by atoms with Gasteiger partial charge >= 0.3 is 0 Å². The number of amides is 1. The number of hydrogen-bond donors (Lipinski definition) is 3. The molecule has 0 saturated carbocycles. The van der Waals surface area contributed by atoms with Crippen LogP contribution < -0.4 is 20.9 Å². The molecule has 0 fully saturated rings. The van der Waals surface area contributed by atoms with Crippen LogP contribution in [0, 0.1) is 0 Å². The topological polar surface area (TPSA) is 114 Å². The summed E-state index contributed by atoms with van der Waals surface area (Å²) >= 11 is 0. The molecule has 180 valence electrons. The first kappa shape index (κ1) is 23.9. The van der Waals surface area contributed by atoms with Gasteiger partial charge in [0.25, 0.3) is 5.56 Å². The lowest BCUT2D eigenvalue weighted by molar-refractivity contribution is -0.111. The Kier molecular flexibility index (Phi) is 7.07. The van der Waals surface area contributed by atoms with Gasteiger partial charge in [0, 0.05) is 66.4 Å². The molecule has 0 spiro atoms. The second-order valence-corrected chi connectivity index (χ2v) is 8.33. The van der Waals surface area contributed by atoms with Crippen LogP contribution in [-0.4, -0.2) is 45.1 Å². The number of anilines is 1. The average molecular weight is 473 g/mol. The Morgan fingerprint density at radius 3 is 2.77 bits per heavy atom. The average Bonchev–Trinajstić information content (AvgIpc) is 3.28. The normalized spacial score (nSPS) is 11.1. The van der Waals surface area contributed by atoms with Gasteiger partial charge in [0.15, 0.2) is 0 Å². The zero-order chi connectivity index (χ0) is 24.9. The van der Waals surface area contributed by atoms with Gasteiger partial charge in [-0.2, -0.15) is 0 Å². The molecular weight excluding hydrogens is 444 g/mol.